The highest BCUT2D eigenvalue weighted by Gasteiger charge is 2.45. The Morgan fingerprint density at radius 1 is 0.407 bits per heavy atom. The molecule has 4 aromatic carbocycles. The molecule has 0 amide bonds. The van der Waals surface area contributed by atoms with Crippen molar-refractivity contribution in [2.75, 3.05) is 0 Å². The minimum Gasteiger partial charge on any atom is -0.0622 e. The van der Waals surface area contributed by atoms with Gasteiger partial charge in [-0.3, -0.25) is 0 Å². The molecule has 0 spiro atoms. The third-order valence-electron chi connectivity index (χ3n) is 4.85. The van der Waals surface area contributed by atoms with E-state index in [-0.39, 0.29) is 8.41 Å². The lowest BCUT2D eigenvalue weighted by Gasteiger charge is -2.27. The Labute approximate surface area is 164 Å². The average molecular weight is 364 g/mol. The Balaban J connectivity index is 0.00000210. The molecule has 0 fully saturated rings. The monoisotopic (exact) mass is 364 g/mol. The minimum absolute atomic E-state index is 0. The molecule has 4 rings (SSSR count). The van der Waals surface area contributed by atoms with Gasteiger partial charge in [-0.1, -0.05) is 84.9 Å². The Kier molecular flexibility index (Phi) is 6.27. The normalized spacial score (nSPS) is 10.8. The highest BCUT2D eigenvalue weighted by molar-refractivity contribution is 7.95. The molecule has 3 radical (unpaired) electrons. The van der Waals surface area contributed by atoms with Gasteiger partial charge < -0.3 is 0 Å². The van der Waals surface area contributed by atoms with Gasteiger partial charge in [0.25, 0.3) is 0 Å². The molecule has 0 N–H and O–H groups in total. The molecule has 0 atom stereocenters. The van der Waals surface area contributed by atoms with E-state index in [0.29, 0.717) is 0 Å². The van der Waals surface area contributed by atoms with E-state index in [4.69, 9.17) is 0 Å². The van der Waals surface area contributed by atoms with Gasteiger partial charge in [0.05, 0.1) is 6.16 Å². The molecule has 0 aromatic heterocycles. The van der Waals surface area contributed by atoms with Crippen molar-refractivity contribution in [1.29, 1.82) is 0 Å². The topological polar surface area (TPSA) is 0 Å². The van der Waals surface area contributed by atoms with Gasteiger partial charge in [-0.05, 0) is 42.0 Å². The summed E-state index contributed by atoms with van der Waals surface area (Å²) in [6.07, 6.45) is 1.03. The lowest BCUT2D eigenvalue weighted by atomic mass is 10.2. The van der Waals surface area contributed by atoms with E-state index in [9.17, 15) is 0 Å². The van der Waals surface area contributed by atoms with Crippen molar-refractivity contribution in [3.8, 4) is 0 Å². The second-order valence-electron chi connectivity index (χ2n) is 6.46. The molecular formula is C25H22BP+. The lowest BCUT2D eigenvalue weighted by molar-refractivity contribution is 1.39. The fourth-order valence-corrected chi connectivity index (χ4v) is 7.87. The van der Waals surface area contributed by atoms with Crippen LogP contribution in [0.4, 0.5) is 0 Å². The molecule has 27 heavy (non-hydrogen) atoms. The first-order valence-corrected chi connectivity index (χ1v) is 11.0. The molecule has 0 aliphatic carbocycles. The average Bonchev–Trinajstić information content (AvgIpc) is 2.75. The number of hydrogen-bond acceptors (Lipinski definition) is 0. The van der Waals surface area contributed by atoms with Gasteiger partial charge in [-0.2, -0.15) is 0 Å². The third kappa shape index (κ3) is 3.89. The van der Waals surface area contributed by atoms with Crippen LogP contribution in [0, 0.1) is 0 Å². The number of benzene rings is 4. The zero-order chi connectivity index (χ0) is 17.7. The van der Waals surface area contributed by atoms with Crippen molar-refractivity contribution in [1.82, 2.24) is 0 Å². The van der Waals surface area contributed by atoms with Crippen LogP contribution in [-0.2, 0) is 6.16 Å². The Hall–Kier alpha value is -2.63. The van der Waals surface area contributed by atoms with Crippen LogP contribution >= 0.6 is 7.26 Å². The van der Waals surface area contributed by atoms with Gasteiger partial charge >= 0.3 is 0 Å². The van der Waals surface area contributed by atoms with Crippen LogP contribution in [0.1, 0.15) is 5.56 Å². The molecule has 0 heterocycles. The van der Waals surface area contributed by atoms with Gasteiger partial charge in [0.15, 0.2) is 0 Å². The summed E-state index contributed by atoms with van der Waals surface area (Å²) in [6, 6.07) is 44.0. The molecule has 2 heteroatoms. The van der Waals surface area contributed by atoms with E-state index >= 15 is 0 Å². The summed E-state index contributed by atoms with van der Waals surface area (Å²) in [7, 11) is -1.78. The summed E-state index contributed by atoms with van der Waals surface area (Å²) in [5, 5.41) is 4.30. The van der Waals surface area contributed by atoms with Crippen LogP contribution in [0.5, 0.6) is 0 Å². The maximum absolute atomic E-state index is 2.30. The van der Waals surface area contributed by atoms with E-state index < -0.39 is 7.26 Å². The smallest absolute Gasteiger partial charge is 0.0622 e. The largest absolute Gasteiger partial charge is 0.116 e. The van der Waals surface area contributed by atoms with Gasteiger partial charge in [0.2, 0.25) is 0 Å². The van der Waals surface area contributed by atoms with E-state index in [1.165, 1.54) is 21.5 Å². The Morgan fingerprint density at radius 2 is 0.704 bits per heavy atom. The molecule has 0 aliphatic rings. The summed E-state index contributed by atoms with van der Waals surface area (Å²) in [4.78, 5) is 0. The molecule has 0 saturated heterocycles. The zero-order valence-electron chi connectivity index (χ0n) is 15.3. The third-order valence-corrected chi connectivity index (χ3v) is 9.23. The van der Waals surface area contributed by atoms with Crippen LogP contribution in [0.3, 0.4) is 0 Å². The fourth-order valence-electron chi connectivity index (χ4n) is 3.63. The summed E-state index contributed by atoms with van der Waals surface area (Å²) in [5.74, 6) is 0. The van der Waals surface area contributed by atoms with E-state index in [1.807, 2.05) is 0 Å². The summed E-state index contributed by atoms with van der Waals surface area (Å²) >= 11 is 0. The molecular weight excluding hydrogens is 342 g/mol. The summed E-state index contributed by atoms with van der Waals surface area (Å²) in [6.45, 7) is 0. The van der Waals surface area contributed by atoms with E-state index in [0.717, 1.165) is 6.16 Å². The summed E-state index contributed by atoms with van der Waals surface area (Å²) in [5.41, 5.74) is 1.39. The lowest BCUT2D eigenvalue weighted by Crippen LogP contribution is -2.32. The number of hydrogen-bond donors (Lipinski definition) is 0. The predicted octanol–water partition coefficient (Wildman–Crippen LogP) is 4.80. The van der Waals surface area contributed by atoms with Gasteiger partial charge in [-0.25, -0.2) is 0 Å². The standard InChI is InChI=1S/C25H22P.B/c1-5-13-22(14-6-1)21-26(23-15-7-2-8-16-23,24-17-9-3-10-18-24)25-19-11-4-12-20-25;/h1-20H,21H2;/q+1;. The maximum atomic E-state index is 2.30. The highest BCUT2D eigenvalue weighted by atomic mass is 31.2. The first-order chi connectivity index (χ1) is 12.9. The van der Waals surface area contributed by atoms with Crippen LogP contribution in [0.15, 0.2) is 121 Å². The Bertz CT molecular complexity index is 842. The van der Waals surface area contributed by atoms with Crippen LogP contribution < -0.4 is 15.9 Å². The van der Waals surface area contributed by atoms with Crippen molar-refractivity contribution < 1.29 is 0 Å². The quantitative estimate of drug-likeness (QED) is 0.353. The van der Waals surface area contributed by atoms with E-state index in [2.05, 4.69) is 121 Å². The molecule has 129 valence electrons. The van der Waals surface area contributed by atoms with Gasteiger partial charge in [0.1, 0.15) is 23.2 Å². The molecule has 0 saturated carbocycles. The van der Waals surface area contributed by atoms with Crippen molar-refractivity contribution in [2.24, 2.45) is 0 Å². The molecule has 0 aliphatic heterocycles. The van der Waals surface area contributed by atoms with Crippen LogP contribution in [-0.4, -0.2) is 8.41 Å². The zero-order valence-corrected chi connectivity index (χ0v) is 16.2. The van der Waals surface area contributed by atoms with Gasteiger partial charge in [0, 0.05) is 8.41 Å². The molecule has 0 bridgehead atoms. The van der Waals surface area contributed by atoms with E-state index in [1.54, 1.807) is 0 Å². The van der Waals surface area contributed by atoms with Gasteiger partial charge in [-0.15, -0.1) is 0 Å². The second kappa shape index (κ2) is 8.84. The van der Waals surface area contributed by atoms with Crippen LogP contribution in [0.25, 0.3) is 0 Å². The van der Waals surface area contributed by atoms with Crippen molar-refractivity contribution in [3.63, 3.8) is 0 Å². The molecule has 0 unspecified atom stereocenters. The van der Waals surface area contributed by atoms with Crippen molar-refractivity contribution in [2.45, 2.75) is 6.16 Å². The Morgan fingerprint density at radius 3 is 1.04 bits per heavy atom. The summed E-state index contributed by atoms with van der Waals surface area (Å²) < 4.78 is 0. The molecule has 4 aromatic rings. The second-order valence-corrected chi connectivity index (χ2v) is 9.95. The van der Waals surface area contributed by atoms with Crippen LogP contribution in [0.2, 0.25) is 0 Å². The SMILES string of the molecule is [B].c1ccc(C[P+](c2ccccc2)(c2ccccc2)c2ccccc2)cc1. The minimum atomic E-state index is -1.78. The first-order valence-electron chi connectivity index (χ1n) is 8.98. The van der Waals surface area contributed by atoms with Crippen molar-refractivity contribution >= 4 is 31.6 Å². The fraction of sp³-hybridized carbons (Fsp3) is 0.0400. The maximum Gasteiger partial charge on any atom is 0.116 e. The highest BCUT2D eigenvalue weighted by Crippen LogP contribution is 2.58. The molecule has 0 nitrogen and oxygen atoms in total. The van der Waals surface area contributed by atoms with Crippen molar-refractivity contribution in [3.05, 3.63) is 127 Å². The first kappa shape index (κ1) is 19.1. The predicted molar refractivity (Wildman–Crippen MR) is 121 cm³/mol. The number of rotatable bonds is 5.